The molecular weight excluding hydrogens is 272 g/mol. The number of ether oxygens (including phenoxy) is 1. The number of tetrazole rings is 1. The Morgan fingerprint density at radius 1 is 1.38 bits per heavy atom. The van der Waals surface area contributed by atoms with Crippen molar-refractivity contribution in [2.24, 2.45) is 0 Å². The van der Waals surface area contributed by atoms with Crippen molar-refractivity contribution >= 4 is 5.91 Å². The zero-order chi connectivity index (χ0) is 14.7. The first-order chi connectivity index (χ1) is 10.3. The van der Waals surface area contributed by atoms with Gasteiger partial charge in [0.05, 0.1) is 17.7 Å². The predicted molar refractivity (Wildman–Crippen MR) is 74.5 cm³/mol. The van der Waals surface area contributed by atoms with Gasteiger partial charge >= 0.3 is 0 Å². The first-order valence-corrected chi connectivity index (χ1v) is 6.67. The highest BCUT2D eigenvalue weighted by molar-refractivity contribution is 6.00. The monoisotopic (exact) mass is 288 g/mol. The van der Waals surface area contributed by atoms with E-state index in [2.05, 4.69) is 31.3 Å². The van der Waals surface area contributed by atoms with E-state index in [-0.39, 0.29) is 18.1 Å². The van der Waals surface area contributed by atoms with Gasteiger partial charge in [0.2, 0.25) is 5.82 Å². The average Bonchev–Trinajstić information content (AvgIpc) is 3.18. The molecule has 1 aromatic carbocycles. The Hall–Kier alpha value is -2.32. The zero-order valence-corrected chi connectivity index (χ0v) is 11.5. The molecule has 2 atom stereocenters. The molecule has 3 rings (SSSR count). The van der Waals surface area contributed by atoms with Crippen LogP contribution in [0, 0.1) is 0 Å². The van der Waals surface area contributed by atoms with Gasteiger partial charge in [-0.2, -0.15) is 5.21 Å². The van der Waals surface area contributed by atoms with Gasteiger partial charge in [-0.3, -0.25) is 4.79 Å². The summed E-state index contributed by atoms with van der Waals surface area (Å²) in [6, 6.07) is 7.11. The number of nitrogens with one attached hydrogen (secondary N) is 3. The fraction of sp³-hybridized carbons (Fsp3) is 0.385. The van der Waals surface area contributed by atoms with Crippen molar-refractivity contribution in [3.63, 3.8) is 0 Å². The molecule has 0 radical (unpaired) electrons. The van der Waals surface area contributed by atoms with Crippen LogP contribution in [0.5, 0.6) is 0 Å². The minimum Gasteiger partial charge on any atom is -0.378 e. The number of carbonyl (C=O) groups is 1. The number of methoxy groups -OCH3 is 1. The Kier molecular flexibility index (Phi) is 3.89. The summed E-state index contributed by atoms with van der Waals surface area (Å²) < 4.78 is 5.35. The normalized spacial score (nSPS) is 21.4. The number of nitrogens with zero attached hydrogens (tertiary/aromatic N) is 3. The van der Waals surface area contributed by atoms with E-state index in [0.29, 0.717) is 23.5 Å². The highest BCUT2D eigenvalue weighted by Crippen LogP contribution is 2.19. The third-order valence-electron chi connectivity index (χ3n) is 3.54. The van der Waals surface area contributed by atoms with Crippen LogP contribution in [-0.4, -0.2) is 58.9 Å². The zero-order valence-electron chi connectivity index (χ0n) is 11.5. The minimum absolute atomic E-state index is 0.0220. The second kappa shape index (κ2) is 5.98. The predicted octanol–water partition coefficient (Wildman–Crippen LogP) is -0.417. The number of benzene rings is 1. The molecular formula is C13H16N6O2. The van der Waals surface area contributed by atoms with Gasteiger partial charge in [0.25, 0.3) is 5.91 Å². The van der Waals surface area contributed by atoms with Crippen LogP contribution < -0.4 is 10.6 Å². The molecule has 0 bridgehead atoms. The number of hydrogen-bond acceptors (Lipinski definition) is 6. The average molecular weight is 288 g/mol. The molecule has 0 aliphatic carbocycles. The number of amides is 1. The van der Waals surface area contributed by atoms with Gasteiger partial charge in [0.15, 0.2) is 0 Å². The van der Waals surface area contributed by atoms with E-state index in [1.54, 1.807) is 25.3 Å². The highest BCUT2D eigenvalue weighted by Gasteiger charge is 2.29. The molecule has 2 heterocycles. The van der Waals surface area contributed by atoms with Gasteiger partial charge in [-0.25, -0.2) is 0 Å². The number of hydrogen-bond donors (Lipinski definition) is 3. The molecule has 1 fully saturated rings. The summed E-state index contributed by atoms with van der Waals surface area (Å²) in [5.41, 5.74) is 1.16. The summed E-state index contributed by atoms with van der Waals surface area (Å²) in [4.78, 5) is 12.5. The van der Waals surface area contributed by atoms with E-state index in [1.165, 1.54) is 0 Å². The lowest BCUT2D eigenvalue weighted by Crippen LogP contribution is -2.43. The van der Waals surface area contributed by atoms with E-state index in [0.717, 1.165) is 6.54 Å². The minimum atomic E-state index is -0.175. The Morgan fingerprint density at radius 3 is 3.00 bits per heavy atom. The molecule has 1 aliphatic heterocycles. The molecule has 1 aliphatic rings. The van der Waals surface area contributed by atoms with Crippen LogP contribution in [0.15, 0.2) is 24.3 Å². The second-order valence-corrected chi connectivity index (χ2v) is 4.79. The molecule has 1 saturated heterocycles. The number of H-pyrrole nitrogens is 1. The fourth-order valence-corrected chi connectivity index (χ4v) is 2.44. The molecule has 0 saturated carbocycles. The van der Waals surface area contributed by atoms with Gasteiger partial charge in [0.1, 0.15) is 0 Å². The van der Waals surface area contributed by atoms with Crippen molar-refractivity contribution in [3.8, 4) is 11.4 Å². The third kappa shape index (κ3) is 2.76. The van der Waals surface area contributed by atoms with Crippen LogP contribution in [0.3, 0.4) is 0 Å². The fourth-order valence-electron chi connectivity index (χ4n) is 2.44. The number of aromatic amines is 1. The van der Waals surface area contributed by atoms with Crippen LogP contribution >= 0.6 is 0 Å². The summed E-state index contributed by atoms with van der Waals surface area (Å²) in [5, 5.41) is 20.0. The van der Waals surface area contributed by atoms with Gasteiger partial charge < -0.3 is 15.4 Å². The number of carbonyl (C=O) groups excluding carboxylic acids is 1. The van der Waals surface area contributed by atoms with Gasteiger partial charge in [-0.05, 0) is 11.3 Å². The highest BCUT2D eigenvalue weighted by atomic mass is 16.5. The van der Waals surface area contributed by atoms with Crippen LogP contribution in [0.4, 0.5) is 0 Å². The van der Waals surface area contributed by atoms with Crippen LogP contribution in [0.25, 0.3) is 11.4 Å². The smallest absolute Gasteiger partial charge is 0.252 e. The Morgan fingerprint density at radius 2 is 2.24 bits per heavy atom. The molecule has 8 heteroatoms. The summed E-state index contributed by atoms with van der Waals surface area (Å²) in [5.74, 6) is 0.222. The summed E-state index contributed by atoms with van der Waals surface area (Å²) >= 11 is 0. The molecule has 110 valence electrons. The standard InChI is InChI=1S/C13H16N6O2/c1-21-11-7-14-6-10(11)15-13(20)9-5-3-2-4-8(9)12-16-18-19-17-12/h2-5,10-11,14H,6-7H2,1H3,(H,15,20)(H,16,17,18,19)/t10-,11-/m0/s1. The van der Waals surface area contributed by atoms with Crippen LogP contribution in [-0.2, 0) is 4.74 Å². The molecule has 1 amide bonds. The Balaban J connectivity index is 1.82. The molecule has 8 nitrogen and oxygen atoms in total. The first-order valence-electron chi connectivity index (χ1n) is 6.67. The van der Waals surface area contributed by atoms with Crippen molar-refractivity contribution in [2.45, 2.75) is 12.1 Å². The lowest BCUT2D eigenvalue weighted by atomic mass is 10.1. The van der Waals surface area contributed by atoms with E-state index >= 15 is 0 Å². The van der Waals surface area contributed by atoms with Crippen molar-refractivity contribution in [1.29, 1.82) is 0 Å². The van der Waals surface area contributed by atoms with E-state index in [4.69, 9.17) is 4.74 Å². The SMILES string of the molecule is CO[C@H]1CNC[C@@H]1NC(=O)c1ccccc1-c1nn[nH]n1. The second-order valence-electron chi connectivity index (χ2n) is 4.79. The lowest BCUT2D eigenvalue weighted by molar-refractivity contribution is 0.0780. The van der Waals surface area contributed by atoms with Gasteiger partial charge in [-0.15, -0.1) is 10.2 Å². The van der Waals surface area contributed by atoms with Crippen molar-refractivity contribution in [3.05, 3.63) is 29.8 Å². The van der Waals surface area contributed by atoms with E-state index in [1.807, 2.05) is 6.07 Å². The number of rotatable bonds is 4. The topological polar surface area (TPSA) is 105 Å². The largest absolute Gasteiger partial charge is 0.378 e. The Labute approximate surface area is 121 Å². The maximum absolute atomic E-state index is 12.5. The molecule has 3 N–H and O–H groups in total. The molecule has 21 heavy (non-hydrogen) atoms. The van der Waals surface area contributed by atoms with Gasteiger partial charge in [-0.1, -0.05) is 18.2 Å². The molecule has 2 aromatic rings. The Bertz CT molecular complexity index is 615. The van der Waals surface area contributed by atoms with Crippen molar-refractivity contribution < 1.29 is 9.53 Å². The molecule has 0 unspecified atom stereocenters. The van der Waals surface area contributed by atoms with Crippen LogP contribution in [0.2, 0.25) is 0 Å². The number of aromatic nitrogens is 4. The van der Waals surface area contributed by atoms with E-state index in [9.17, 15) is 4.79 Å². The lowest BCUT2D eigenvalue weighted by Gasteiger charge is -2.19. The van der Waals surface area contributed by atoms with E-state index < -0.39 is 0 Å². The molecule has 0 spiro atoms. The third-order valence-corrected chi connectivity index (χ3v) is 3.54. The molecule has 1 aromatic heterocycles. The van der Waals surface area contributed by atoms with Crippen LogP contribution in [0.1, 0.15) is 10.4 Å². The van der Waals surface area contributed by atoms with Crippen molar-refractivity contribution in [1.82, 2.24) is 31.3 Å². The maximum atomic E-state index is 12.5. The first kappa shape index (κ1) is 13.7. The maximum Gasteiger partial charge on any atom is 0.252 e. The van der Waals surface area contributed by atoms with Crippen molar-refractivity contribution in [2.75, 3.05) is 20.2 Å². The quantitative estimate of drug-likeness (QED) is 0.706. The summed E-state index contributed by atoms with van der Waals surface area (Å²) in [6.07, 6.45) is -0.0220. The van der Waals surface area contributed by atoms with Gasteiger partial charge in [0, 0.05) is 25.8 Å². The summed E-state index contributed by atoms with van der Waals surface area (Å²) in [7, 11) is 1.64. The summed E-state index contributed by atoms with van der Waals surface area (Å²) in [6.45, 7) is 1.42.